The highest BCUT2D eigenvalue weighted by Gasteiger charge is 2.30. The number of hydrogen-bond acceptors (Lipinski definition) is 1. The molecule has 2 aliphatic rings. The second kappa shape index (κ2) is 5.89. The first kappa shape index (κ1) is 14.1. The molecule has 0 radical (unpaired) electrons. The van der Waals surface area contributed by atoms with E-state index in [-0.39, 0.29) is 5.54 Å². The number of rotatable bonds is 2. The highest BCUT2D eigenvalue weighted by Crippen LogP contribution is 2.39. The molecule has 3 rings (SSSR count). The van der Waals surface area contributed by atoms with Gasteiger partial charge in [-0.3, -0.25) is 0 Å². The molecular formula is C19H29N. The van der Waals surface area contributed by atoms with E-state index in [1.54, 1.807) is 5.56 Å². The van der Waals surface area contributed by atoms with Crippen molar-refractivity contribution in [3.63, 3.8) is 0 Å². The number of hydrogen-bond donors (Lipinski definition) is 1. The molecule has 0 heterocycles. The van der Waals surface area contributed by atoms with Crippen LogP contribution in [-0.2, 0) is 5.54 Å². The molecule has 20 heavy (non-hydrogen) atoms. The monoisotopic (exact) mass is 271 g/mol. The summed E-state index contributed by atoms with van der Waals surface area (Å²) in [5.41, 5.74) is 9.60. The van der Waals surface area contributed by atoms with E-state index in [1.807, 2.05) is 0 Å². The molecule has 0 bridgehead atoms. The SMILES string of the molecule is CC1CCC(c2cccc(C3(N)CCCCC3)c2)CC1. The molecule has 2 fully saturated rings. The van der Waals surface area contributed by atoms with Crippen LogP contribution in [0, 0.1) is 5.92 Å². The summed E-state index contributed by atoms with van der Waals surface area (Å²) < 4.78 is 0. The third-order valence-corrected chi connectivity index (χ3v) is 5.69. The van der Waals surface area contributed by atoms with Gasteiger partial charge in [-0.05, 0) is 48.6 Å². The van der Waals surface area contributed by atoms with E-state index in [0.29, 0.717) is 0 Å². The summed E-state index contributed by atoms with van der Waals surface area (Å²) in [4.78, 5) is 0. The average Bonchev–Trinajstić information content (AvgIpc) is 2.49. The van der Waals surface area contributed by atoms with E-state index in [9.17, 15) is 0 Å². The standard InChI is InChI=1S/C19H29N/c1-15-8-10-16(11-9-15)17-6-5-7-18(14-17)19(20)12-3-2-4-13-19/h5-7,14-16H,2-4,8-13,20H2,1H3. The van der Waals surface area contributed by atoms with Gasteiger partial charge in [0, 0.05) is 5.54 Å². The summed E-state index contributed by atoms with van der Waals surface area (Å²) in [6, 6.07) is 9.27. The van der Waals surface area contributed by atoms with Crippen LogP contribution in [0.3, 0.4) is 0 Å². The topological polar surface area (TPSA) is 26.0 Å². The zero-order valence-electron chi connectivity index (χ0n) is 12.9. The fraction of sp³-hybridized carbons (Fsp3) is 0.684. The molecule has 110 valence electrons. The number of benzene rings is 1. The highest BCUT2D eigenvalue weighted by atomic mass is 14.7. The summed E-state index contributed by atoms with van der Waals surface area (Å²) >= 11 is 0. The molecule has 0 spiro atoms. The lowest BCUT2D eigenvalue weighted by atomic mass is 9.75. The van der Waals surface area contributed by atoms with Gasteiger partial charge in [-0.1, -0.05) is 63.3 Å². The van der Waals surface area contributed by atoms with Gasteiger partial charge in [0.05, 0.1) is 0 Å². The smallest absolute Gasteiger partial charge is 0.0409 e. The first-order valence-electron chi connectivity index (χ1n) is 8.57. The van der Waals surface area contributed by atoms with Crippen molar-refractivity contribution in [2.24, 2.45) is 11.7 Å². The highest BCUT2D eigenvalue weighted by molar-refractivity contribution is 5.32. The molecular weight excluding hydrogens is 242 g/mol. The Morgan fingerprint density at radius 2 is 1.70 bits per heavy atom. The maximum absolute atomic E-state index is 6.70. The Morgan fingerprint density at radius 3 is 2.40 bits per heavy atom. The Hall–Kier alpha value is -0.820. The fourth-order valence-corrected chi connectivity index (χ4v) is 4.17. The predicted molar refractivity (Wildman–Crippen MR) is 85.8 cm³/mol. The molecule has 2 N–H and O–H groups in total. The van der Waals surface area contributed by atoms with E-state index in [4.69, 9.17) is 5.73 Å². The van der Waals surface area contributed by atoms with Crippen molar-refractivity contribution in [2.45, 2.75) is 76.2 Å². The lowest BCUT2D eigenvalue weighted by molar-refractivity contribution is 0.301. The van der Waals surface area contributed by atoms with Gasteiger partial charge < -0.3 is 5.73 Å². The quantitative estimate of drug-likeness (QED) is 0.795. The van der Waals surface area contributed by atoms with Crippen molar-refractivity contribution in [2.75, 3.05) is 0 Å². The van der Waals surface area contributed by atoms with Crippen LogP contribution in [0.4, 0.5) is 0 Å². The molecule has 2 aliphatic carbocycles. The van der Waals surface area contributed by atoms with Gasteiger partial charge in [0.15, 0.2) is 0 Å². The summed E-state index contributed by atoms with van der Waals surface area (Å²) in [6.07, 6.45) is 11.8. The summed E-state index contributed by atoms with van der Waals surface area (Å²) in [7, 11) is 0. The van der Waals surface area contributed by atoms with Crippen LogP contribution in [0.2, 0.25) is 0 Å². The minimum absolute atomic E-state index is 0.0454. The predicted octanol–water partition coefficient (Wildman–Crippen LogP) is 5.10. The van der Waals surface area contributed by atoms with Crippen LogP contribution in [-0.4, -0.2) is 0 Å². The van der Waals surface area contributed by atoms with Gasteiger partial charge in [-0.25, -0.2) is 0 Å². The van der Waals surface area contributed by atoms with Crippen LogP contribution >= 0.6 is 0 Å². The molecule has 1 nitrogen and oxygen atoms in total. The molecule has 1 heteroatoms. The van der Waals surface area contributed by atoms with E-state index in [2.05, 4.69) is 31.2 Å². The van der Waals surface area contributed by atoms with Crippen LogP contribution in [0.25, 0.3) is 0 Å². The lowest BCUT2D eigenvalue weighted by Gasteiger charge is -2.35. The van der Waals surface area contributed by atoms with E-state index >= 15 is 0 Å². The summed E-state index contributed by atoms with van der Waals surface area (Å²) in [6.45, 7) is 2.39. The second-order valence-corrected chi connectivity index (χ2v) is 7.30. The molecule has 0 unspecified atom stereocenters. The second-order valence-electron chi connectivity index (χ2n) is 7.30. The van der Waals surface area contributed by atoms with Crippen LogP contribution < -0.4 is 5.73 Å². The van der Waals surface area contributed by atoms with Crippen LogP contribution in [0.1, 0.15) is 81.8 Å². The van der Waals surface area contributed by atoms with Gasteiger partial charge in [0.2, 0.25) is 0 Å². The zero-order chi connectivity index (χ0) is 14.0. The van der Waals surface area contributed by atoms with Gasteiger partial charge in [-0.15, -0.1) is 0 Å². The lowest BCUT2D eigenvalue weighted by Crippen LogP contribution is -2.38. The van der Waals surface area contributed by atoms with Crippen molar-refractivity contribution < 1.29 is 0 Å². The molecule has 0 amide bonds. The van der Waals surface area contributed by atoms with E-state index < -0.39 is 0 Å². The maximum atomic E-state index is 6.70. The number of nitrogens with two attached hydrogens (primary N) is 1. The Labute approximate surface area is 124 Å². The van der Waals surface area contributed by atoms with Gasteiger partial charge >= 0.3 is 0 Å². The summed E-state index contributed by atoms with van der Waals surface area (Å²) in [5, 5.41) is 0. The minimum atomic E-state index is -0.0454. The molecule has 2 saturated carbocycles. The van der Waals surface area contributed by atoms with Gasteiger partial charge in [0.25, 0.3) is 0 Å². The van der Waals surface area contributed by atoms with Gasteiger partial charge in [-0.2, -0.15) is 0 Å². The zero-order valence-corrected chi connectivity index (χ0v) is 12.9. The van der Waals surface area contributed by atoms with E-state index in [1.165, 1.54) is 50.5 Å². The largest absolute Gasteiger partial charge is 0.321 e. The molecule has 0 aliphatic heterocycles. The first-order chi connectivity index (χ1) is 9.67. The fourth-order valence-electron chi connectivity index (χ4n) is 4.17. The normalized spacial score (nSPS) is 30.1. The molecule has 1 aromatic carbocycles. The maximum Gasteiger partial charge on any atom is 0.0409 e. The Bertz CT molecular complexity index is 437. The third kappa shape index (κ3) is 2.93. The van der Waals surface area contributed by atoms with Crippen LogP contribution in [0.5, 0.6) is 0 Å². The van der Waals surface area contributed by atoms with Crippen molar-refractivity contribution >= 4 is 0 Å². The summed E-state index contributed by atoms with van der Waals surface area (Å²) in [5.74, 6) is 1.70. The van der Waals surface area contributed by atoms with E-state index in [0.717, 1.165) is 24.7 Å². The van der Waals surface area contributed by atoms with Gasteiger partial charge in [0.1, 0.15) is 0 Å². The van der Waals surface area contributed by atoms with Crippen LogP contribution in [0.15, 0.2) is 24.3 Å². The van der Waals surface area contributed by atoms with Crippen molar-refractivity contribution in [3.8, 4) is 0 Å². The third-order valence-electron chi connectivity index (χ3n) is 5.69. The average molecular weight is 271 g/mol. The van der Waals surface area contributed by atoms with Crippen molar-refractivity contribution in [1.29, 1.82) is 0 Å². The molecule has 0 atom stereocenters. The molecule has 1 aromatic rings. The Balaban J connectivity index is 1.78. The first-order valence-corrected chi connectivity index (χ1v) is 8.57. The van der Waals surface area contributed by atoms with Crippen molar-refractivity contribution in [3.05, 3.63) is 35.4 Å². The molecule has 0 aromatic heterocycles. The Morgan fingerprint density at radius 1 is 1.00 bits per heavy atom. The van der Waals surface area contributed by atoms with Crippen molar-refractivity contribution in [1.82, 2.24) is 0 Å². The Kier molecular flexibility index (Phi) is 4.16. The molecule has 0 saturated heterocycles. The minimum Gasteiger partial charge on any atom is -0.321 e.